The highest BCUT2D eigenvalue weighted by Gasteiger charge is 2.17. The van der Waals surface area contributed by atoms with Gasteiger partial charge in [0.1, 0.15) is 11.5 Å². The number of aromatic nitrogens is 4. The number of fused-ring (bicyclic) bond motifs is 1. The number of carbonyl (C=O) groups excluding carboxylic acids is 1. The molecule has 4 aromatic rings. The number of aryl methyl sites for hydroxylation is 1. The van der Waals surface area contributed by atoms with Crippen LogP contribution in [0.4, 0.5) is 5.82 Å². The lowest BCUT2D eigenvalue weighted by molar-refractivity contribution is 0.102. The van der Waals surface area contributed by atoms with Crippen molar-refractivity contribution in [3.8, 4) is 11.8 Å². The number of nitrogens with zero attached hydrogens (tertiary/aromatic N) is 4. The molecule has 0 aliphatic heterocycles. The summed E-state index contributed by atoms with van der Waals surface area (Å²) < 4.78 is 1.78. The zero-order valence-corrected chi connectivity index (χ0v) is 18.6. The molecule has 1 fully saturated rings. The number of benzene rings is 1. The zero-order chi connectivity index (χ0) is 22.6. The van der Waals surface area contributed by atoms with Crippen molar-refractivity contribution in [3.05, 3.63) is 89.0 Å². The Balaban J connectivity index is 1.38. The van der Waals surface area contributed by atoms with Gasteiger partial charge in [-0.1, -0.05) is 37.3 Å². The molecular formula is C27H25N5O. The molecule has 3 heterocycles. The topological polar surface area (TPSA) is 72.2 Å². The molecule has 6 nitrogen and oxygen atoms in total. The average molecular weight is 436 g/mol. The number of rotatable bonds is 3. The molecule has 5 rings (SSSR count). The molecule has 1 aliphatic rings. The fourth-order valence-corrected chi connectivity index (χ4v) is 4.29. The minimum atomic E-state index is -0.219. The van der Waals surface area contributed by atoms with E-state index in [1.807, 2.05) is 25.3 Å². The van der Waals surface area contributed by atoms with Gasteiger partial charge in [0.15, 0.2) is 5.65 Å². The molecule has 0 spiro atoms. The van der Waals surface area contributed by atoms with Crippen LogP contribution in [-0.2, 0) is 0 Å². The van der Waals surface area contributed by atoms with Crippen molar-refractivity contribution in [1.29, 1.82) is 0 Å². The molecule has 1 saturated carbocycles. The van der Waals surface area contributed by atoms with Crippen molar-refractivity contribution < 1.29 is 4.79 Å². The first kappa shape index (κ1) is 20.9. The van der Waals surface area contributed by atoms with Crippen molar-refractivity contribution in [2.75, 3.05) is 5.32 Å². The summed E-state index contributed by atoms with van der Waals surface area (Å²) in [5.74, 6) is 7.26. The molecule has 33 heavy (non-hydrogen) atoms. The Hall–Kier alpha value is -3.98. The summed E-state index contributed by atoms with van der Waals surface area (Å²) in [5.41, 5.74) is 5.14. The van der Waals surface area contributed by atoms with Crippen LogP contribution in [-0.4, -0.2) is 25.5 Å². The highest BCUT2D eigenvalue weighted by Crippen LogP contribution is 2.32. The second kappa shape index (κ2) is 9.25. The highest BCUT2D eigenvalue weighted by atomic mass is 16.1. The summed E-state index contributed by atoms with van der Waals surface area (Å²) in [4.78, 5) is 21.3. The molecule has 0 unspecified atom stereocenters. The quantitative estimate of drug-likeness (QED) is 0.453. The number of amides is 1. The maximum absolute atomic E-state index is 12.6. The predicted molar refractivity (Wildman–Crippen MR) is 128 cm³/mol. The molecule has 1 aromatic carbocycles. The Bertz CT molecular complexity index is 1360. The molecule has 1 amide bonds. The third-order valence-electron chi connectivity index (χ3n) is 6.19. The number of imidazole rings is 1. The van der Waals surface area contributed by atoms with Crippen molar-refractivity contribution in [2.45, 2.75) is 44.9 Å². The highest BCUT2D eigenvalue weighted by molar-refractivity contribution is 6.04. The summed E-state index contributed by atoms with van der Waals surface area (Å²) in [7, 11) is 0. The second-order valence-electron chi connectivity index (χ2n) is 8.49. The van der Waals surface area contributed by atoms with Crippen molar-refractivity contribution >= 4 is 17.4 Å². The Morgan fingerprint density at radius 2 is 1.91 bits per heavy atom. The maximum Gasteiger partial charge on any atom is 0.256 e. The number of hydrogen-bond acceptors (Lipinski definition) is 4. The number of nitrogens with one attached hydrogen (secondary N) is 1. The fraction of sp³-hybridized carbons (Fsp3) is 0.259. The van der Waals surface area contributed by atoms with Crippen molar-refractivity contribution in [2.24, 2.45) is 0 Å². The lowest BCUT2D eigenvalue weighted by Gasteiger charge is -2.21. The normalized spacial score (nSPS) is 14.0. The first-order valence-electron chi connectivity index (χ1n) is 11.4. The van der Waals surface area contributed by atoms with E-state index >= 15 is 0 Å². The van der Waals surface area contributed by atoms with E-state index < -0.39 is 0 Å². The van der Waals surface area contributed by atoms with Gasteiger partial charge in [-0.2, -0.15) is 5.10 Å². The van der Waals surface area contributed by atoms with E-state index in [4.69, 9.17) is 0 Å². The molecule has 0 atom stereocenters. The molecule has 3 aromatic heterocycles. The monoisotopic (exact) mass is 435 g/mol. The number of carbonyl (C=O) groups is 1. The van der Waals surface area contributed by atoms with Gasteiger partial charge in [0, 0.05) is 17.3 Å². The van der Waals surface area contributed by atoms with Gasteiger partial charge in [-0.15, -0.1) is 0 Å². The summed E-state index contributed by atoms with van der Waals surface area (Å²) in [6, 6.07) is 13.0. The molecule has 6 heteroatoms. The third-order valence-corrected chi connectivity index (χ3v) is 6.19. The van der Waals surface area contributed by atoms with Crippen LogP contribution in [0.5, 0.6) is 0 Å². The molecule has 164 valence electrons. The van der Waals surface area contributed by atoms with E-state index in [0.29, 0.717) is 17.3 Å². The van der Waals surface area contributed by atoms with E-state index in [9.17, 15) is 4.79 Å². The second-order valence-corrected chi connectivity index (χ2v) is 8.49. The van der Waals surface area contributed by atoms with Gasteiger partial charge in [0.05, 0.1) is 12.4 Å². The Labute approximate surface area is 193 Å². The Morgan fingerprint density at radius 3 is 2.73 bits per heavy atom. The van der Waals surface area contributed by atoms with Crippen molar-refractivity contribution in [1.82, 2.24) is 19.6 Å². The third kappa shape index (κ3) is 4.63. The van der Waals surface area contributed by atoms with Crippen LogP contribution < -0.4 is 5.32 Å². The predicted octanol–water partition coefficient (Wildman–Crippen LogP) is 5.13. The first-order chi connectivity index (χ1) is 16.2. The van der Waals surface area contributed by atoms with Gasteiger partial charge in [0.25, 0.3) is 5.91 Å². The largest absolute Gasteiger partial charge is 0.307 e. The van der Waals surface area contributed by atoms with Crippen LogP contribution in [0.1, 0.15) is 70.8 Å². The van der Waals surface area contributed by atoms with Gasteiger partial charge in [-0.25, -0.2) is 14.5 Å². The van der Waals surface area contributed by atoms with E-state index in [-0.39, 0.29) is 5.91 Å². The van der Waals surface area contributed by atoms with Crippen LogP contribution in [0.15, 0.2) is 61.1 Å². The van der Waals surface area contributed by atoms with Crippen LogP contribution in [0.25, 0.3) is 5.65 Å². The van der Waals surface area contributed by atoms with Crippen LogP contribution in [0, 0.1) is 18.8 Å². The smallest absolute Gasteiger partial charge is 0.256 e. The van der Waals surface area contributed by atoms with Gasteiger partial charge < -0.3 is 5.32 Å². The van der Waals surface area contributed by atoms with E-state index in [0.717, 1.165) is 22.5 Å². The average Bonchev–Trinajstić information content (AvgIpc) is 3.27. The van der Waals surface area contributed by atoms with E-state index in [1.54, 1.807) is 41.2 Å². The SMILES string of the molecule is Cc1ccc(C(=O)Nc2ccccn2)cc1C#Cc1cnc2cc(C3CCCCC3)cnn12. The van der Waals surface area contributed by atoms with Gasteiger partial charge >= 0.3 is 0 Å². The molecule has 0 bridgehead atoms. The van der Waals surface area contributed by atoms with Gasteiger partial charge in [0.2, 0.25) is 0 Å². The van der Waals surface area contributed by atoms with Gasteiger partial charge in [-0.05, 0) is 73.1 Å². The van der Waals surface area contributed by atoms with Crippen LogP contribution in [0.3, 0.4) is 0 Å². The first-order valence-corrected chi connectivity index (χ1v) is 11.4. The lowest BCUT2D eigenvalue weighted by atomic mass is 9.85. The molecule has 1 N–H and O–H groups in total. The maximum atomic E-state index is 12.6. The summed E-state index contributed by atoms with van der Waals surface area (Å²) in [6.07, 6.45) is 11.7. The van der Waals surface area contributed by atoms with Crippen LogP contribution >= 0.6 is 0 Å². The Morgan fingerprint density at radius 1 is 1.03 bits per heavy atom. The Kier molecular flexibility index (Phi) is 5.86. The van der Waals surface area contributed by atoms with E-state index in [2.05, 4.69) is 38.3 Å². The number of pyridine rings is 1. The van der Waals surface area contributed by atoms with Gasteiger partial charge in [-0.3, -0.25) is 4.79 Å². The zero-order valence-electron chi connectivity index (χ0n) is 18.6. The molecule has 1 aliphatic carbocycles. The van der Waals surface area contributed by atoms with E-state index in [1.165, 1.54) is 37.7 Å². The minimum absolute atomic E-state index is 0.219. The fourth-order valence-electron chi connectivity index (χ4n) is 4.29. The number of hydrogen-bond donors (Lipinski definition) is 1. The minimum Gasteiger partial charge on any atom is -0.307 e. The molecule has 0 radical (unpaired) electrons. The summed E-state index contributed by atoms with van der Waals surface area (Å²) in [5, 5.41) is 7.43. The molecule has 0 saturated heterocycles. The standard InChI is InChI=1S/C27H25N5O/c1-19-10-11-22(27(33)31-25-9-5-6-14-28-25)15-21(19)12-13-24-18-29-26-16-23(17-30-32(24)26)20-7-3-2-4-8-20/h5-6,9-11,14-18,20H,2-4,7-8H2,1H3,(H,28,31,33). The summed E-state index contributed by atoms with van der Waals surface area (Å²) >= 11 is 0. The van der Waals surface area contributed by atoms with Crippen molar-refractivity contribution in [3.63, 3.8) is 0 Å². The number of anilines is 1. The molecular weight excluding hydrogens is 410 g/mol. The lowest BCUT2D eigenvalue weighted by Crippen LogP contribution is -2.13. The van der Waals surface area contributed by atoms with Crippen LogP contribution in [0.2, 0.25) is 0 Å². The summed E-state index contributed by atoms with van der Waals surface area (Å²) in [6.45, 7) is 1.98.